The van der Waals surface area contributed by atoms with Gasteiger partial charge < -0.3 is 9.30 Å². The van der Waals surface area contributed by atoms with Gasteiger partial charge in [0.2, 0.25) is 0 Å². The fraction of sp³-hybridized carbons (Fsp3) is 0.357. The van der Waals surface area contributed by atoms with Crippen molar-refractivity contribution in [3.05, 3.63) is 41.7 Å². The van der Waals surface area contributed by atoms with Gasteiger partial charge in [0.1, 0.15) is 5.69 Å². The van der Waals surface area contributed by atoms with Crippen LogP contribution in [0.3, 0.4) is 0 Å². The Hall–Kier alpha value is -2.31. The maximum absolute atomic E-state index is 13.1. The molecule has 1 saturated carbocycles. The Morgan fingerprint density at radius 2 is 2.19 bits per heavy atom. The van der Waals surface area contributed by atoms with Crippen molar-refractivity contribution in [3.8, 4) is 5.69 Å². The number of halogens is 2. The minimum atomic E-state index is -2.69. The molecule has 0 bridgehead atoms. The maximum Gasteiger partial charge on any atom is 0.356 e. The van der Waals surface area contributed by atoms with E-state index in [1.165, 1.54) is 24.1 Å². The zero-order valence-corrected chi connectivity index (χ0v) is 11.3. The van der Waals surface area contributed by atoms with Crippen molar-refractivity contribution in [1.82, 2.24) is 14.5 Å². The first-order chi connectivity index (χ1) is 10.1. The van der Waals surface area contributed by atoms with Crippen LogP contribution in [0.5, 0.6) is 0 Å². The number of rotatable bonds is 4. The summed E-state index contributed by atoms with van der Waals surface area (Å²) in [4.78, 5) is 19.5. The highest BCUT2D eigenvalue weighted by Crippen LogP contribution is 2.39. The molecule has 3 rings (SSSR count). The van der Waals surface area contributed by atoms with Crippen molar-refractivity contribution < 1.29 is 18.3 Å². The monoisotopic (exact) mass is 293 g/mol. The Labute approximate surface area is 119 Å². The predicted octanol–water partition coefficient (Wildman–Crippen LogP) is 2.87. The fourth-order valence-electron chi connectivity index (χ4n) is 2.12. The minimum absolute atomic E-state index is 0.0152. The van der Waals surface area contributed by atoms with E-state index in [2.05, 4.69) is 14.7 Å². The van der Waals surface area contributed by atoms with Gasteiger partial charge in [0.15, 0.2) is 0 Å². The standard InChI is InChI=1S/C14H13F2N3O2/c1-21-14(20)10-4-12(9(5-17-10)13(15)16)19-6-11(18-7-19)8-2-3-8/h4-8,13H,2-3H2,1H3. The molecule has 0 amide bonds. The summed E-state index contributed by atoms with van der Waals surface area (Å²) in [7, 11) is 1.22. The van der Waals surface area contributed by atoms with E-state index in [4.69, 9.17) is 0 Å². The Morgan fingerprint density at radius 3 is 2.81 bits per heavy atom. The van der Waals surface area contributed by atoms with Crippen LogP contribution in [-0.2, 0) is 4.74 Å². The van der Waals surface area contributed by atoms with E-state index in [1.54, 1.807) is 6.20 Å². The van der Waals surface area contributed by atoms with Crippen LogP contribution in [0.1, 0.15) is 46.9 Å². The van der Waals surface area contributed by atoms with Crippen molar-refractivity contribution in [3.63, 3.8) is 0 Å². The molecule has 0 saturated heterocycles. The SMILES string of the molecule is COC(=O)c1cc(-n2cnc(C3CC3)c2)c(C(F)F)cn1. The van der Waals surface area contributed by atoms with Crippen molar-refractivity contribution >= 4 is 5.97 Å². The predicted molar refractivity (Wildman–Crippen MR) is 69.6 cm³/mol. The number of carbonyl (C=O) groups excluding carboxylic acids is 1. The highest BCUT2D eigenvalue weighted by Gasteiger charge is 2.26. The number of nitrogens with zero attached hydrogens (tertiary/aromatic N) is 3. The Balaban J connectivity index is 2.05. The fourth-order valence-corrected chi connectivity index (χ4v) is 2.12. The molecule has 2 aromatic heterocycles. The molecular formula is C14H13F2N3O2. The highest BCUT2D eigenvalue weighted by molar-refractivity contribution is 5.87. The van der Waals surface area contributed by atoms with Gasteiger partial charge in [-0.2, -0.15) is 0 Å². The number of ether oxygens (including phenoxy) is 1. The molecule has 7 heteroatoms. The second-order valence-electron chi connectivity index (χ2n) is 4.90. The van der Waals surface area contributed by atoms with Crippen LogP contribution >= 0.6 is 0 Å². The number of alkyl halides is 2. The molecule has 0 aromatic carbocycles. The van der Waals surface area contributed by atoms with Gasteiger partial charge in [-0.15, -0.1) is 0 Å². The first-order valence-electron chi connectivity index (χ1n) is 6.51. The van der Waals surface area contributed by atoms with Gasteiger partial charge in [-0.25, -0.2) is 23.5 Å². The van der Waals surface area contributed by atoms with Gasteiger partial charge >= 0.3 is 5.97 Å². The average molecular weight is 293 g/mol. The van der Waals surface area contributed by atoms with E-state index >= 15 is 0 Å². The molecule has 0 unspecified atom stereocenters. The number of esters is 1. The molecule has 2 heterocycles. The largest absolute Gasteiger partial charge is 0.464 e. The van der Waals surface area contributed by atoms with E-state index in [0.29, 0.717) is 5.92 Å². The number of methoxy groups -OCH3 is 1. The summed E-state index contributed by atoms with van der Waals surface area (Å²) < 4.78 is 32.3. The number of pyridine rings is 1. The lowest BCUT2D eigenvalue weighted by Gasteiger charge is -2.10. The Kier molecular flexibility index (Phi) is 3.40. The van der Waals surface area contributed by atoms with Crippen LogP contribution in [0.2, 0.25) is 0 Å². The maximum atomic E-state index is 13.1. The van der Waals surface area contributed by atoms with Crippen molar-refractivity contribution in [1.29, 1.82) is 0 Å². The number of hydrogen-bond acceptors (Lipinski definition) is 4. The van der Waals surface area contributed by atoms with Gasteiger partial charge in [-0.05, 0) is 18.9 Å². The molecule has 1 aliphatic carbocycles. The molecule has 0 atom stereocenters. The second kappa shape index (κ2) is 5.23. The summed E-state index contributed by atoms with van der Waals surface area (Å²) in [6.07, 6.45) is 3.66. The van der Waals surface area contributed by atoms with Crippen LogP contribution in [-0.4, -0.2) is 27.6 Å². The van der Waals surface area contributed by atoms with E-state index in [9.17, 15) is 13.6 Å². The van der Waals surface area contributed by atoms with Gasteiger partial charge in [0.05, 0.1) is 30.4 Å². The molecule has 110 valence electrons. The third-order valence-corrected chi connectivity index (χ3v) is 3.42. The quantitative estimate of drug-likeness (QED) is 0.813. The van der Waals surface area contributed by atoms with Gasteiger partial charge in [-0.1, -0.05) is 0 Å². The average Bonchev–Trinajstić information content (AvgIpc) is 3.23. The van der Waals surface area contributed by atoms with Crippen molar-refractivity contribution in [2.24, 2.45) is 0 Å². The Morgan fingerprint density at radius 1 is 1.43 bits per heavy atom. The topological polar surface area (TPSA) is 57.0 Å². The number of hydrogen-bond donors (Lipinski definition) is 0. The summed E-state index contributed by atoms with van der Waals surface area (Å²) >= 11 is 0. The summed E-state index contributed by atoms with van der Waals surface area (Å²) in [5.74, 6) is -0.247. The summed E-state index contributed by atoms with van der Waals surface area (Å²) in [6.45, 7) is 0. The van der Waals surface area contributed by atoms with Crippen molar-refractivity contribution in [2.75, 3.05) is 7.11 Å². The van der Waals surface area contributed by atoms with Crippen LogP contribution in [0.4, 0.5) is 8.78 Å². The summed E-state index contributed by atoms with van der Waals surface area (Å²) in [5, 5.41) is 0. The zero-order valence-electron chi connectivity index (χ0n) is 11.3. The highest BCUT2D eigenvalue weighted by atomic mass is 19.3. The smallest absolute Gasteiger partial charge is 0.356 e. The minimum Gasteiger partial charge on any atom is -0.464 e. The first-order valence-corrected chi connectivity index (χ1v) is 6.51. The lowest BCUT2D eigenvalue weighted by atomic mass is 10.2. The van der Waals surface area contributed by atoms with Gasteiger partial charge in [0, 0.05) is 18.3 Å². The number of aromatic nitrogens is 3. The van der Waals surface area contributed by atoms with Gasteiger partial charge in [0.25, 0.3) is 6.43 Å². The third-order valence-electron chi connectivity index (χ3n) is 3.42. The van der Waals surface area contributed by atoms with Crippen LogP contribution < -0.4 is 0 Å². The first kappa shape index (κ1) is 13.7. The zero-order chi connectivity index (χ0) is 15.0. The molecule has 21 heavy (non-hydrogen) atoms. The molecule has 2 aromatic rings. The van der Waals surface area contributed by atoms with Crippen LogP contribution in [0.25, 0.3) is 5.69 Å². The molecule has 5 nitrogen and oxygen atoms in total. The number of carbonyl (C=O) groups is 1. The molecule has 0 N–H and O–H groups in total. The van der Waals surface area contributed by atoms with E-state index in [0.717, 1.165) is 24.7 Å². The van der Waals surface area contributed by atoms with Crippen LogP contribution in [0.15, 0.2) is 24.8 Å². The summed E-state index contributed by atoms with van der Waals surface area (Å²) in [5.41, 5.74) is 0.812. The molecular weight excluding hydrogens is 280 g/mol. The lowest BCUT2D eigenvalue weighted by Crippen LogP contribution is -2.08. The van der Waals surface area contributed by atoms with Gasteiger partial charge in [-0.3, -0.25) is 0 Å². The van der Waals surface area contributed by atoms with Crippen LogP contribution in [0, 0.1) is 0 Å². The van der Waals surface area contributed by atoms with Crippen molar-refractivity contribution in [2.45, 2.75) is 25.2 Å². The van der Waals surface area contributed by atoms with E-state index in [-0.39, 0.29) is 16.9 Å². The normalized spacial score (nSPS) is 14.5. The molecule has 1 aliphatic rings. The molecule has 0 aliphatic heterocycles. The van der Waals surface area contributed by atoms with E-state index < -0.39 is 12.4 Å². The molecule has 0 radical (unpaired) electrons. The van der Waals surface area contributed by atoms with E-state index in [1.807, 2.05) is 0 Å². The lowest BCUT2D eigenvalue weighted by molar-refractivity contribution is 0.0593. The molecule has 1 fully saturated rings. The summed E-state index contributed by atoms with van der Waals surface area (Å²) in [6, 6.07) is 1.30. The third kappa shape index (κ3) is 2.63. The molecule has 0 spiro atoms. The Bertz CT molecular complexity index is 681. The number of imidazole rings is 1. The second-order valence-corrected chi connectivity index (χ2v) is 4.90.